The largest absolute Gasteiger partial charge is 0.478 e. The van der Waals surface area contributed by atoms with Crippen molar-refractivity contribution in [3.8, 4) is 0 Å². The van der Waals surface area contributed by atoms with Gasteiger partial charge in [-0.05, 0) is 40.5 Å². The standard InChI is InChI=1S/C13H21NO4/c1-8(9(2)12(16)17)11(15)14-10-5-6-18-13(3,4)7-10/h10H,5-7H2,1-4H3,(H,14,15)(H,16,17). The summed E-state index contributed by atoms with van der Waals surface area (Å²) in [6.07, 6.45) is 1.49. The van der Waals surface area contributed by atoms with Crippen LogP contribution in [0.15, 0.2) is 11.1 Å². The molecule has 5 nitrogen and oxygen atoms in total. The molecule has 1 aliphatic rings. The van der Waals surface area contributed by atoms with Crippen molar-refractivity contribution in [2.75, 3.05) is 6.61 Å². The molecule has 0 radical (unpaired) electrons. The second kappa shape index (κ2) is 5.52. The first-order chi connectivity index (χ1) is 8.23. The molecular weight excluding hydrogens is 234 g/mol. The summed E-state index contributed by atoms with van der Waals surface area (Å²) < 4.78 is 5.57. The zero-order valence-corrected chi connectivity index (χ0v) is 11.4. The van der Waals surface area contributed by atoms with Gasteiger partial charge in [-0.15, -0.1) is 0 Å². The molecule has 0 aromatic heterocycles. The van der Waals surface area contributed by atoms with E-state index < -0.39 is 5.97 Å². The van der Waals surface area contributed by atoms with Gasteiger partial charge in [0.05, 0.1) is 5.60 Å². The van der Waals surface area contributed by atoms with Crippen LogP contribution in [0.4, 0.5) is 0 Å². The molecule has 0 aliphatic carbocycles. The summed E-state index contributed by atoms with van der Waals surface area (Å²) in [6.45, 7) is 7.54. The van der Waals surface area contributed by atoms with Crippen molar-refractivity contribution >= 4 is 11.9 Å². The second-order valence-corrected chi connectivity index (χ2v) is 5.33. The minimum Gasteiger partial charge on any atom is -0.478 e. The molecule has 1 aliphatic heterocycles. The van der Waals surface area contributed by atoms with Gasteiger partial charge in [-0.2, -0.15) is 0 Å². The Morgan fingerprint density at radius 2 is 1.89 bits per heavy atom. The maximum atomic E-state index is 11.9. The minimum absolute atomic E-state index is 0.0396. The fraction of sp³-hybridized carbons (Fsp3) is 0.692. The third kappa shape index (κ3) is 3.84. The Hall–Kier alpha value is -1.36. The average molecular weight is 255 g/mol. The fourth-order valence-corrected chi connectivity index (χ4v) is 1.98. The lowest BCUT2D eigenvalue weighted by Crippen LogP contribution is -2.46. The topological polar surface area (TPSA) is 75.6 Å². The lowest BCUT2D eigenvalue weighted by atomic mass is 9.93. The fourth-order valence-electron chi connectivity index (χ4n) is 1.98. The van der Waals surface area contributed by atoms with Crippen molar-refractivity contribution in [3.05, 3.63) is 11.1 Å². The normalized spacial score (nSPS) is 24.1. The molecular formula is C13H21NO4. The van der Waals surface area contributed by atoms with E-state index in [0.29, 0.717) is 6.61 Å². The van der Waals surface area contributed by atoms with Crippen LogP contribution in [0.3, 0.4) is 0 Å². The molecule has 2 N–H and O–H groups in total. The Bertz CT molecular complexity index is 384. The van der Waals surface area contributed by atoms with Crippen molar-refractivity contribution < 1.29 is 19.4 Å². The minimum atomic E-state index is -1.06. The van der Waals surface area contributed by atoms with E-state index in [1.807, 2.05) is 13.8 Å². The zero-order valence-electron chi connectivity index (χ0n) is 11.4. The third-order valence-corrected chi connectivity index (χ3v) is 3.26. The van der Waals surface area contributed by atoms with Crippen LogP contribution in [0.5, 0.6) is 0 Å². The monoisotopic (exact) mass is 255 g/mol. The Kier molecular flexibility index (Phi) is 4.51. The van der Waals surface area contributed by atoms with Crippen LogP contribution >= 0.6 is 0 Å². The molecule has 0 aromatic carbocycles. The number of amides is 1. The summed E-state index contributed by atoms with van der Waals surface area (Å²) in [5.41, 5.74) is 0.0981. The molecule has 0 spiro atoms. The van der Waals surface area contributed by atoms with Gasteiger partial charge in [-0.3, -0.25) is 4.79 Å². The molecule has 0 saturated carbocycles. The highest BCUT2D eigenvalue weighted by Crippen LogP contribution is 2.24. The molecule has 0 bridgehead atoms. The van der Waals surface area contributed by atoms with Gasteiger partial charge in [0.15, 0.2) is 0 Å². The SMILES string of the molecule is CC(C(=O)O)=C(C)C(=O)NC1CCOC(C)(C)C1. The van der Waals surface area contributed by atoms with Crippen LogP contribution in [0, 0.1) is 0 Å². The highest BCUT2D eigenvalue weighted by atomic mass is 16.5. The van der Waals surface area contributed by atoms with Crippen molar-refractivity contribution in [1.82, 2.24) is 5.32 Å². The molecule has 1 unspecified atom stereocenters. The number of hydrogen-bond donors (Lipinski definition) is 2. The summed E-state index contributed by atoms with van der Waals surface area (Å²) in [6, 6.07) is 0.0396. The van der Waals surface area contributed by atoms with E-state index in [4.69, 9.17) is 9.84 Å². The van der Waals surface area contributed by atoms with E-state index in [-0.39, 0.29) is 28.7 Å². The van der Waals surface area contributed by atoms with Crippen LogP contribution in [0.2, 0.25) is 0 Å². The van der Waals surface area contributed by atoms with E-state index in [2.05, 4.69) is 5.32 Å². The van der Waals surface area contributed by atoms with Crippen LogP contribution < -0.4 is 5.32 Å². The predicted molar refractivity (Wildman–Crippen MR) is 67.2 cm³/mol. The van der Waals surface area contributed by atoms with Crippen LogP contribution in [0.25, 0.3) is 0 Å². The molecule has 1 amide bonds. The molecule has 1 heterocycles. The van der Waals surface area contributed by atoms with Gasteiger partial charge in [0, 0.05) is 23.8 Å². The van der Waals surface area contributed by atoms with Crippen LogP contribution in [-0.4, -0.2) is 35.2 Å². The zero-order chi connectivity index (χ0) is 13.9. The summed E-state index contributed by atoms with van der Waals surface area (Å²) in [4.78, 5) is 22.7. The van der Waals surface area contributed by atoms with Crippen molar-refractivity contribution in [2.45, 2.75) is 52.2 Å². The highest BCUT2D eigenvalue weighted by molar-refractivity contribution is 6.01. The number of carbonyl (C=O) groups excluding carboxylic acids is 1. The lowest BCUT2D eigenvalue weighted by Gasteiger charge is -2.35. The third-order valence-electron chi connectivity index (χ3n) is 3.26. The lowest BCUT2D eigenvalue weighted by molar-refractivity contribution is -0.133. The van der Waals surface area contributed by atoms with Crippen molar-refractivity contribution in [1.29, 1.82) is 0 Å². The molecule has 5 heteroatoms. The first-order valence-electron chi connectivity index (χ1n) is 6.08. The average Bonchev–Trinajstić information content (AvgIpc) is 2.25. The predicted octanol–water partition coefficient (Wildman–Crippen LogP) is 1.48. The van der Waals surface area contributed by atoms with Gasteiger partial charge in [-0.1, -0.05) is 0 Å². The Labute approximate surface area is 107 Å². The van der Waals surface area contributed by atoms with Crippen molar-refractivity contribution in [2.24, 2.45) is 0 Å². The van der Waals surface area contributed by atoms with Crippen LogP contribution in [-0.2, 0) is 14.3 Å². The smallest absolute Gasteiger partial charge is 0.331 e. The highest BCUT2D eigenvalue weighted by Gasteiger charge is 2.30. The molecule has 0 aromatic rings. The Balaban J connectivity index is 2.66. The van der Waals surface area contributed by atoms with Crippen molar-refractivity contribution in [3.63, 3.8) is 0 Å². The summed E-state index contributed by atoms with van der Waals surface area (Å²) in [5.74, 6) is -1.37. The van der Waals surface area contributed by atoms with E-state index in [0.717, 1.165) is 12.8 Å². The summed E-state index contributed by atoms with van der Waals surface area (Å²) in [7, 11) is 0. The Morgan fingerprint density at radius 3 is 2.39 bits per heavy atom. The molecule has 1 rings (SSSR count). The van der Waals surface area contributed by atoms with Crippen LogP contribution in [0.1, 0.15) is 40.5 Å². The molecule has 1 fully saturated rings. The number of nitrogens with one attached hydrogen (secondary N) is 1. The molecule has 18 heavy (non-hydrogen) atoms. The van der Waals surface area contributed by atoms with Gasteiger partial charge in [0.25, 0.3) is 0 Å². The van der Waals surface area contributed by atoms with E-state index >= 15 is 0 Å². The maximum absolute atomic E-state index is 11.9. The van der Waals surface area contributed by atoms with Gasteiger partial charge < -0.3 is 15.2 Å². The number of carbonyl (C=O) groups is 2. The molecule has 1 saturated heterocycles. The number of hydrogen-bond acceptors (Lipinski definition) is 3. The molecule has 102 valence electrons. The van der Waals surface area contributed by atoms with Gasteiger partial charge in [-0.25, -0.2) is 4.79 Å². The second-order valence-electron chi connectivity index (χ2n) is 5.33. The van der Waals surface area contributed by atoms with E-state index in [1.165, 1.54) is 13.8 Å². The number of rotatable bonds is 3. The van der Waals surface area contributed by atoms with E-state index in [1.54, 1.807) is 0 Å². The first-order valence-corrected chi connectivity index (χ1v) is 6.08. The summed E-state index contributed by atoms with van der Waals surface area (Å²) >= 11 is 0. The quantitative estimate of drug-likeness (QED) is 0.749. The van der Waals surface area contributed by atoms with E-state index in [9.17, 15) is 9.59 Å². The Morgan fingerprint density at radius 1 is 1.28 bits per heavy atom. The summed E-state index contributed by atoms with van der Waals surface area (Å²) in [5, 5.41) is 11.7. The van der Waals surface area contributed by atoms with Gasteiger partial charge in [0.2, 0.25) is 5.91 Å². The van der Waals surface area contributed by atoms with Gasteiger partial charge in [0.1, 0.15) is 0 Å². The molecule has 1 atom stereocenters. The number of ether oxygens (including phenoxy) is 1. The number of carboxylic acids is 1. The van der Waals surface area contributed by atoms with Gasteiger partial charge >= 0.3 is 5.97 Å². The first kappa shape index (κ1) is 14.7. The maximum Gasteiger partial charge on any atom is 0.331 e. The number of aliphatic carboxylic acids is 1. The number of carboxylic acid groups (broad SMARTS) is 1.